The Morgan fingerprint density at radius 2 is 1.70 bits per heavy atom. The molecule has 7 heteroatoms. The average Bonchev–Trinajstić information content (AvgIpc) is 2.69. The molecule has 7 nitrogen and oxygen atoms in total. The van der Waals surface area contributed by atoms with Crippen LogP contribution in [-0.4, -0.2) is 34.2 Å². The number of carbonyl (C=O) groups is 1. The van der Waals surface area contributed by atoms with Gasteiger partial charge in [0.15, 0.2) is 5.82 Å². The number of aromatic nitrogens is 3. The van der Waals surface area contributed by atoms with Gasteiger partial charge >= 0.3 is 0 Å². The van der Waals surface area contributed by atoms with Crippen LogP contribution in [0.3, 0.4) is 0 Å². The third kappa shape index (κ3) is 5.24. The van der Waals surface area contributed by atoms with Crippen molar-refractivity contribution in [2.45, 2.75) is 13.8 Å². The van der Waals surface area contributed by atoms with Crippen LogP contribution in [0.4, 0.5) is 17.5 Å². The quantitative estimate of drug-likeness (QED) is 0.560. The SMILES string of the molecule is Cc1ccc(C(=O)NCCNc2ccc(Nc3ccccn3)nn2)cc1C. The molecule has 3 rings (SSSR count). The number of nitrogens with zero attached hydrogens (tertiary/aromatic N) is 3. The minimum Gasteiger partial charge on any atom is -0.367 e. The zero-order valence-electron chi connectivity index (χ0n) is 15.4. The first-order chi connectivity index (χ1) is 13.1. The van der Waals surface area contributed by atoms with Gasteiger partial charge in [0.2, 0.25) is 0 Å². The molecule has 2 aromatic heterocycles. The van der Waals surface area contributed by atoms with Crippen molar-refractivity contribution in [3.8, 4) is 0 Å². The maximum absolute atomic E-state index is 12.2. The summed E-state index contributed by atoms with van der Waals surface area (Å²) in [7, 11) is 0. The minimum absolute atomic E-state index is 0.0825. The fourth-order valence-electron chi connectivity index (χ4n) is 2.41. The molecule has 0 saturated carbocycles. The first kappa shape index (κ1) is 18.3. The topological polar surface area (TPSA) is 91.8 Å². The molecule has 0 aliphatic heterocycles. The van der Waals surface area contributed by atoms with Gasteiger partial charge in [-0.15, -0.1) is 10.2 Å². The predicted octanol–water partition coefficient (Wildman–Crippen LogP) is 3.07. The Kier molecular flexibility index (Phi) is 5.94. The van der Waals surface area contributed by atoms with E-state index in [0.717, 1.165) is 5.56 Å². The Labute approximate surface area is 158 Å². The van der Waals surface area contributed by atoms with E-state index in [1.165, 1.54) is 5.56 Å². The lowest BCUT2D eigenvalue weighted by molar-refractivity contribution is 0.0955. The van der Waals surface area contributed by atoms with Crippen LogP contribution in [0.5, 0.6) is 0 Å². The van der Waals surface area contributed by atoms with E-state index in [4.69, 9.17) is 0 Å². The van der Waals surface area contributed by atoms with Crippen molar-refractivity contribution in [2.75, 3.05) is 23.7 Å². The maximum Gasteiger partial charge on any atom is 0.251 e. The van der Waals surface area contributed by atoms with Crippen molar-refractivity contribution < 1.29 is 4.79 Å². The summed E-state index contributed by atoms with van der Waals surface area (Å²) in [5.74, 6) is 1.88. The van der Waals surface area contributed by atoms with E-state index in [1.54, 1.807) is 6.20 Å². The molecule has 138 valence electrons. The lowest BCUT2D eigenvalue weighted by atomic mass is 10.1. The Morgan fingerprint density at radius 3 is 2.41 bits per heavy atom. The molecular formula is C20H22N6O. The van der Waals surface area contributed by atoms with Crippen LogP contribution in [0.2, 0.25) is 0 Å². The Balaban J connectivity index is 1.43. The van der Waals surface area contributed by atoms with Crippen molar-refractivity contribution >= 4 is 23.4 Å². The van der Waals surface area contributed by atoms with E-state index in [2.05, 4.69) is 31.1 Å². The summed E-state index contributed by atoms with van der Waals surface area (Å²) in [6, 6.07) is 14.9. The summed E-state index contributed by atoms with van der Waals surface area (Å²) in [5, 5.41) is 17.3. The molecule has 3 N–H and O–H groups in total. The standard InChI is InChI=1S/C20H22N6O/c1-14-6-7-16(13-15(14)2)20(27)23-12-11-22-18-8-9-19(26-25-18)24-17-5-3-4-10-21-17/h3-10,13H,11-12H2,1-2H3,(H,22,25)(H,23,27)(H,21,24,26). The molecule has 0 radical (unpaired) electrons. The summed E-state index contributed by atoms with van der Waals surface area (Å²) >= 11 is 0. The van der Waals surface area contributed by atoms with Gasteiger partial charge in [-0.05, 0) is 61.4 Å². The van der Waals surface area contributed by atoms with E-state index in [0.29, 0.717) is 36.1 Å². The van der Waals surface area contributed by atoms with E-state index in [9.17, 15) is 4.79 Å². The number of hydrogen-bond acceptors (Lipinski definition) is 6. The van der Waals surface area contributed by atoms with Gasteiger partial charge in [0, 0.05) is 24.8 Å². The highest BCUT2D eigenvalue weighted by atomic mass is 16.1. The largest absolute Gasteiger partial charge is 0.367 e. The molecular weight excluding hydrogens is 340 g/mol. The third-order valence-electron chi connectivity index (χ3n) is 4.07. The van der Waals surface area contributed by atoms with Gasteiger partial charge < -0.3 is 16.0 Å². The van der Waals surface area contributed by atoms with Gasteiger partial charge in [-0.25, -0.2) is 4.98 Å². The molecule has 0 fully saturated rings. The minimum atomic E-state index is -0.0825. The van der Waals surface area contributed by atoms with Crippen molar-refractivity contribution in [2.24, 2.45) is 0 Å². The van der Waals surface area contributed by atoms with Gasteiger partial charge in [-0.1, -0.05) is 12.1 Å². The molecule has 1 amide bonds. The second-order valence-electron chi connectivity index (χ2n) is 6.13. The van der Waals surface area contributed by atoms with E-state index < -0.39 is 0 Å². The van der Waals surface area contributed by atoms with Crippen molar-refractivity contribution in [1.82, 2.24) is 20.5 Å². The molecule has 2 heterocycles. The molecule has 0 aliphatic carbocycles. The molecule has 0 spiro atoms. The number of anilines is 3. The summed E-state index contributed by atoms with van der Waals surface area (Å²) in [5.41, 5.74) is 2.95. The number of rotatable bonds is 7. The van der Waals surface area contributed by atoms with Gasteiger partial charge in [0.1, 0.15) is 11.6 Å². The van der Waals surface area contributed by atoms with E-state index >= 15 is 0 Å². The van der Waals surface area contributed by atoms with Crippen molar-refractivity contribution in [3.63, 3.8) is 0 Å². The zero-order chi connectivity index (χ0) is 19.1. The summed E-state index contributed by atoms with van der Waals surface area (Å²) in [4.78, 5) is 16.3. The van der Waals surface area contributed by atoms with Crippen LogP contribution in [-0.2, 0) is 0 Å². The molecule has 0 bridgehead atoms. The number of amides is 1. The van der Waals surface area contributed by atoms with Crippen molar-refractivity contribution in [3.05, 3.63) is 71.4 Å². The van der Waals surface area contributed by atoms with Gasteiger partial charge in [0.05, 0.1) is 0 Å². The summed E-state index contributed by atoms with van der Waals surface area (Å²) in [6.45, 7) is 5.07. The van der Waals surface area contributed by atoms with Crippen molar-refractivity contribution in [1.29, 1.82) is 0 Å². The molecule has 0 aliphatic rings. The second-order valence-corrected chi connectivity index (χ2v) is 6.13. The smallest absolute Gasteiger partial charge is 0.251 e. The van der Waals surface area contributed by atoms with E-state index in [1.807, 2.05) is 62.4 Å². The summed E-state index contributed by atoms with van der Waals surface area (Å²) < 4.78 is 0. The molecule has 3 aromatic rings. The van der Waals surface area contributed by atoms with Crippen LogP contribution in [0.15, 0.2) is 54.7 Å². The molecule has 0 saturated heterocycles. The monoisotopic (exact) mass is 362 g/mol. The molecule has 0 atom stereocenters. The number of benzene rings is 1. The fraction of sp³-hybridized carbons (Fsp3) is 0.200. The molecule has 1 aromatic carbocycles. The second kappa shape index (κ2) is 8.75. The van der Waals surface area contributed by atoms with Gasteiger partial charge in [-0.2, -0.15) is 0 Å². The number of hydrogen-bond donors (Lipinski definition) is 3. The predicted molar refractivity (Wildman–Crippen MR) is 106 cm³/mol. The zero-order valence-corrected chi connectivity index (χ0v) is 15.4. The fourth-order valence-corrected chi connectivity index (χ4v) is 2.41. The first-order valence-corrected chi connectivity index (χ1v) is 8.73. The van der Waals surface area contributed by atoms with Gasteiger partial charge in [-0.3, -0.25) is 4.79 Å². The number of pyridine rings is 1. The number of aryl methyl sites for hydroxylation is 2. The highest BCUT2D eigenvalue weighted by Crippen LogP contribution is 2.12. The lowest BCUT2D eigenvalue weighted by Crippen LogP contribution is -2.29. The third-order valence-corrected chi connectivity index (χ3v) is 4.07. The Hall–Kier alpha value is -3.48. The Bertz CT molecular complexity index is 896. The highest BCUT2D eigenvalue weighted by molar-refractivity contribution is 5.94. The van der Waals surface area contributed by atoms with Crippen LogP contribution < -0.4 is 16.0 Å². The normalized spacial score (nSPS) is 10.3. The van der Waals surface area contributed by atoms with Gasteiger partial charge in [0.25, 0.3) is 5.91 Å². The molecule has 0 unspecified atom stereocenters. The van der Waals surface area contributed by atoms with Crippen LogP contribution in [0, 0.1) is 13.8 Å². The Morgan fingerprint density at radius 1 is 0.889 bits per heavy atom. The summed E-state index contributed by atoms with van der Waals surface area (Å²) in [6.07, 6.45) is 1.71. The first-order valence-electron chi connectivity index (χ1n) is 8.73. The van der Waals surface area contributed by atoms with Crippen LogP contribution in [0.25, 0.3) is 0 Å². The van der Waals surface area contributed by atoms with E-state index in [-0.39, 0.29) is 5.91 Å². The highest BCUT2D eigenvalue weighted by Gasteiger charge is 2.06. The van der Waals surface area contributed by atoms with Crippen LogP contribution in [0.1, 0.15) is 21.5 Å². The number of nitrogens with one attached hydrogen (secondary N) is 3. The lowest BCUT2D eigenvalue weighted by Gasteiger charge is -2.09. The number of carbonyl (C=O) groups excluding carboxylic acids is 1. The maximum atomic E-state index is 12.2. The average molecular weight is 362 g/mol. The van der Waals surface area contributed by atoms with Crippen LogP contribution >= 0.6 is 0 Å². The molecule has 27 heavy (non-hydrogen) atoms.